The van der Waals surface area contributed by atoms with Crippen molar-refractivity contribution >= 4 is 42.6 Å². The van der Waals surface area contributed by atoms with Crippen molar-refractivity contribution in [3.63, 3.8) is 0 Å². The van der Waals surface area contributed by atoms with E-state index in [1.54, 1.807) is 19.4 Å². The molecule has 11 heteroatoms. The monoisotopic (exact) mass is 538 g/mol. The molecule has 0 aliphatic rings. The number of nitrogens with one attached hydrogen (secondary N) is 1. The van der Waals surface area contributed by atoms with E-state index in [-0.39, 0.29) is 18.0 Å². The average Bonchev–Trinajstić information content (AvgIpc) is 3.30. The van der Waals surface area contributed by atoms with Gasteiger partial charge in [-0.2, -0.15) is 0 Å². The number of aryl methyl sites for hydroxylation is 1. The van der Waals surface area contributed by atoms with Crippen LogP contribution in [0, 0.1) is 12.7 Å². The Morgan fingerprint density at radius 2 is 1.84 bits per heavy atom. The Bertz CT molecular complexity index is 1690. The van der Waals surface area contributed by atoms with Gasteiger partial charge in [0.15, 0.2) is 0 Å². The number of sulfonamides is 1. The van der Waals surface area contributed by atoms with Crippen molar-refractivity contribution in [1.82, 2.24) is 19.7 Å². The summed E-state index contributed by atoms with van der Waals surface area (Å²) >= 11 is 1.52. The number of halogens is 1. The van der Waals surface area contributed by atoms with E-state index in [1.165, 1.54) is 23.5 Å². The second-order valence-electron chi connectivity index (χ2n) is 8.32. The van der Waals surface area contributed by atoms with E-state index in [4.69, 9.17) is 14.5 Å². The fourth-order valence-electron chi connectivity index (χ4n) is 3.84. The van der Waals surface area contributed by atoms with Gasteiger partial charge in [-0.1, -0.05) is 0 Å². The van der Waals surface area contributed by atoms with Crippen molar-refractivity contribution in [3.05, 3.63) is 77.9 Å². The highest BCUT2D eigenvalue weighted by Gasteiger charge is 2.15. The first kappa shape index (κ1) is 25.2. The first-order valence-corrected chi connectivity index (χ1v) is 13.7. The van der Waals surface area contributed by atoms with Crippen molar-refractivity contribution in [1.29, 1.82) is 0 Å². The molecule has 37 heavy (non-hydrogen) atoms. The minimum absolute atomic E-state index is 0.00390. The molecule has 1 N–H and O–H groups in total. The van der Waals surface area contributed by atoms with Gasteiger partial charge in [0.05, 0.1) is 44.6 Å². The molecule has 8 nitrogen and oxygen atoms in total. The molecule has 0 spiro atoms. The Balaban J connectivity index is 1.31. The number of rotatable bonds is 9. The van der Waals surface area contributed by atoms with Crippen LogP contribution in [0.15, 0.2) is 65.7 Å². The van der Waals surface area contributed by atoms with Crippen LogP contribution in [-0.4, -0.2) is 43.6 Å². The number of benzene rings is 3. The van der Waals surface area contributed by atoms with Crippen molar-refractivity contribution in [2.24, 2.45) is 0 Å². The summed E-state index contributed by atoms with van der Waals surface area (Å²) in [6.07, 6.45) is 1.72. The van der Waals surface area contributed by atoms with Gasteiger partial charge in [0.2, 0.25) is 10.0 Å². The second kappa shape index (κ2) is 10.5. The maximum atomic E-state index is 13.1. The van der Waals surface area contributed by atoms with Gasteiger partial charge >= 0.3 is 0 Å². The lowest BCUT2D eigenvalue weighted by molar-refractivity contribution is 0.181. The number of aromatic nitrogens is 3. The number of nitrogens with zero attached hydrogens (tertiary/aromatic N) is 3. The van der Waals surface area contributed by atoms with Crippen molar-refractivity contribution in [2.45, 2.75) is 18.4 Å². The van der Waals surface area contributed by atoms with Gasteiger partial charge in [-0.25, -0.2) is 27.5 Å². The van der Waals surface area contributed by atoms with Crippen LogP contribution < -0.4 is 9.46 Å². The molecule has 2 heterocycles. The molecule has 0 aliphatic carbocycles. The molecule has 0 bridgehead atoms. The lowest BCUT2D eigenvalue weighted by atomic mass is 10.1. The van der Waals surface area contributed by atoms with E-state index < -0.39 is 15.8 Å². The molecular formula is C26H23FN4O4S2. The van der Waals surface area contributed by atoms with Gasteiger partial charge in [-0.15, -0.1) is 11.3 Å². The molecule has 5 aromatic rings. The van der Waals surface area contributed by atoms with Gasteiger partial charge in [0, 0.05) is 19.2 Å². The molecule has 5 rings (SSSR count). The molecule has 0 saturated heterocycles. The number of hydrogen-bond acceptors (Lipinski definition) is 8. The van der Waals surface area contributed by atoms with Gasteiger partial charge in [-0.05, 0) is 67.1 Å². The molecule has 190 valence electrons. The molecule has 3 aromatic carbocycles. The topological polar surface area (TPSA) is 103 Å². The van der Waals surface area contributed by atoms with E-state index in [9.17, 15) is 12.8 Å². The summed E-state index contributed by atoms with van der Waals surface area (Å²) in [6.45, 7) is 2.59. The van der Waals surface area contributed by atoms with Crippen LogP contribution in [-0.2, 0) is 21.4 Å². The predicted octanol–water partition coefficient (Wildman–Crippen LogP) is 4.86. The summed E-state index contributed by atoms with van der Waals surface area (Å²) in [5, 5.41) is 0.821. The Hall–Kier alpha value is -3.51. The average molecular weight is 539 g/mol. The Kier molecular flexibility index (Phi) is 7.11. The quantitative estimate of drug-likeness (QED) is 0.267. The number of ether oxygens (including phenoxy) is 2. The zero-order valence-electron chi connectivity index (χ0n) is 20.1. The van der Waals surface area contributed by atoms with E-state index in [0.717, 1.165) is 55.2 Å². The summed E-state index contributed by atoms with van der Waals surface area (Å²) in [6, 6.07) is 14.2. The van der Waals surface area contributed by atoms with Crippen LogP contribution in [0.3, 0.4) is 0 Å². The van der Waals surface area contributed by atoms with Crippen LogP contribution in [0.1, 0.15) is 11.3 Å². The summed E-state index contributed by atoms with van der Waals surface area (Å²) in [7, 11) is -2.12. The van der Waals surface area contributed by atoms with Gasteiger partial charge < -0.3 is 9.47 Å². The van der Waals surface area contributed by atoms with Gasteiger partial charge in [0.25, 0.3) is 0 Å². The normalized spacial score (nSPS) is 11.9. The lowest BCUT2D eigenvalue weighted by Crippen LogP contribution is -2.28. The largest absolute Gasteiger partial charge is 0.492 e. The minimum atomic E-state index is -3.74. The highest BCUT2D eigenvalue weighted by atomic mass is 32.2. The van der Waals surface area contributed by atoms with Crippen LogP contribution in [0.5, 0.6) is 5.75 Å². The smallest absolute Gasteiger partial charge is 0.240 e. The molecule has 0 atom stereocenters. The van der Waals surface area contributed by atoms with Crippen molar-refractivity contribution in [3.8, 4) is 16.3 Å². The summed E-state index contributed by atoms with van der Waals surface area (Å²) < 4.78 is 52.0. The number of fused-ring (bicyclic) bond motifs is 2. The Labute approximate surface area is 217 Å². The molecule has 0 radical (unpaired) electrons. The number of thiazole rings is 1. The summed E-state index contributed by atoms with van der Waals surface area (Å²) in [4.78, 5) is 14.1. The predicted molar refractivity (Wildman–Crippen MR) is 141 cm³/mol. The highest BCUT2D eigenvalue weighted by molar-refractivity contribution is 7.89. The zero-order valence-corrected chi connectivity index (χ0v) is 21.7. The molecule has 0 unspecified atom stereocenters. The van der Waals surface area contributed by atoms with E-state index in [0.29, 0.717) is 12.4 Å². The van der Waals surface area contributed by atoms with Crippen LogP contribution >= 0.6 is 11.3 Å². The molecule has 2 aromatic heterocycles. The molecular weight excluding hydrogens is 515 g/mol. The highest BCUT2D eigenvalue weighted by Crippen LogP contribution is 2.35. The van der Waals surface area contributed by atoms with E-state index in [1.807, 2.05) is 25.1 Å². The first-order chi connectivity index (χ1) is 17.8. The Morgan fingerprint density at radius 1 is 1.03 bits per heavy atom. The Morgan fingerprint density at radius 3 is 2.62 bits per heavy atom. The fraction of sp³-hybridized carbons (Fsp3) is 0.192. The number of hydrogen-bond donors (Lipinski definition) is 1. The third-order valence-electron chi connectivity index (χ3n) is 5.51. The molecule has 0 aliphatic heterocycles. The number of methoxy groups -OCH3 is 1. The first-order valence-electron chi connectivity index (χ1n) is 11.4. The standard InChI is InChI=1S/C26H23FN4O4S2/c1-16-11-21(25-23(12-16)30-18(14-28-25)15-34-2)26-31-22-8-5-19(13-24(22)36-26)35-10-9-29-37(32,33)20-6-3-17(27)4-7-20/h3-8,11-14,29H,9-10,15H2,1-2H3. The second-order valence-corrected chi connectivity index (χ2v) is 11.1. The van der Waals surface area contributed by atoms with E-state index >= 15 is 0 Å². The van der Waals surface area contributed by atoms with Gasteiger partial charge in [-0.3, -0.25) is 4.98 Å². The molecule has 0 fully saturated rings. The maximum absolute atomic E-state index is 13.1. The summed E-state index contributed by atoms with van der Waals surface area (Å²) in [5.41, 5.74) is 5.11. The van der Waals surface area contributed by atoms with Crippen LogP contribution in [0.2, 0.25) is 0 Å². The fourth-order valence-corrected chi connectivity index (χ4v) is 5.86. The zero-order chi connectivity index (χ0) is 26.0. The SMILES string of the molecule is COCc1cnc2c(-c3nc4ccc(OCCNS(=O)(=O)c5ccc(F)cc5)cc4s3)cc(C)cc2n1. The van der Waals surface area contributed by atoms with Crippen LogP contribution in [0.25, 0.3) is 31.8 Å². The van der Waals surface area contributed by atoms with Crippen molar-refractivity contribution < 1.29 is 22.3 Å². The van der Waals surface area contributed by atoms with Crippen LogP contribution in [0.4, 0.5) is 4.39 Å². The molecule has 0 saturated carbocycles. The third-order valence-corrected chi connectivity index (χ3v) is 8.04. The summed E-state index contributed by atoms with van der Waals surface area (Å²) in [5.74, 6) is 0.102. The molecule has 0 amide bonds. The third kappa shape index (κ3) is 5.59. The minimum Gasteiger partial charge on any atom is -0.492 e. The lowest BCUT2D eigenvalue weighted by Gasteiger charge is -2.08. The van der Waals surface area contributed by atoms with Crippen molar-refractivity contribution in [2.75, 3.05) is 20.3 Å². The van der Waals surface area contributed by atoms with E-state index in [2.05, 4.69) is 20.8 Å². The maximum Gasteiger partial charge on any atom is 0.240 e. The van der Waals surface area contributed by atoms with Gasteiger partial charge in [0.1, 0.15) is 23.2 Å².